The topological polar surface area (TPSA) is 61.5 Å². The Hall–Kier alpha value is -1.26. The van der Waals surface area contributed by atoms with Crippen LogP contribution in [0.25, 0.3) is 0 Å². The van der Waals surface area contributed by atoms with Crippen molar-refractivity contribution < 1.29 is 14.3 Å². The fourth-order valence-electron chi connectivity index (χ4n) is 1.43. The number of nitrogens with two attached hydrogens (primary N) is 1. The van der Waals surface area contributed by atoms with Gasteiger partial charge in [0.2, 0.25) is 0 Å². The number of esters is 1. The lowest BCUT2D eigenvalue weighted by Gasteiger charge is -2.12. The molecule has 0 aliphatic rings. The van der Waals surface area contributed by atoms with Gasteiger partial charge in [0, 0.05) is 6.04 Å². The fraction of sp³-hybridized carbons (Fsp3) is 0.417. The molecule has 1 aromatic rings. The van der Waals surface area contributed by atoms with Crippen LogP contribution in [0.15, 0.2) is 18.2 Å². The van der Waals surface area contributed by atoms with Crippen LogP contribution in [0.1, 0.15) is 24.9 Å². The molecule has 4 nitrogen and oxygen atoms in total. The molecule has 0 aliphatic carbocycles. The van der Waals surface area contributed by atoms with E-state index < -0.39 is 6.04 Å². The third kappa shape index (κ3) is 3.91. The van der Waals surface area contributed by atoms with E-state index in [1.54, 1.807) is 32.2 Å². The highest BCUT2D eigenvalue weighted by Crippen LogP contribution is 2.27. The first-order valence-corrected chi connectivity index (χ1v) is 5.71. The van der Waals surface area contributed by atoms with Crippen molar-refractivity contribution in [2.24, 2.45) is 5.73 Å². The Kier molecular flexibility index (Phi) is 5.25. The summed E-state index contributed by atoms with van der Waals surface area (Å²) in [6, 6.07) is 4.79. The van der Waals surface area contributed by atoms with Gasteiger partial charge >= 0.3 is 5.97 Å². The molecule has 5 heteroatoms. The third-order valence-electron chi connectivity index (χ3n) is 2.30. The molecule has 1 rings (SSSR count). The van der Waals surface area contributed by atoms with Crippen molar-refractivity contribution in [2.45, 2.75) is 19.4 Å². The summed E-state index contributed by atoms with van der Waals surface area (Å²) < 4.78 is 9.87. The van der Waals surface area contributed by atoms with Crippen LogP contribution in [0.2, 0.25) is 5.02 Å². The number of halogens is 1. The predicted octanol–water partition coefficient (Wildman–Crippen LogP) is 2.30. The Labute approximate surface area is 106 Å². The average molecular weight is 258 g/mol. The summed E-state index contributed by atoms with van der Waals surface area (Å²) in [7, 11) is 1.54. The monoisotopic (exact) mass is 257 g/mol. The largest absolute Gasteiger partial charge is 0.495 e. The van der Waals surface area contributed by atoms with Crippen molar-refractivity contribution in [1.29, 1.82) is 0 Å². The van der Waals surface area contributed by atoms with E-state index in [2.05, 4.69) is 0 Å². The first-order valence-electron chi connectivity index (χ1n) is 5.33. The summed E-state index contributed by atoms with van der Waals surface area (Å²) in [5.41, 5.74) is 6.67. The Balaban J connectivity index is 2.72. The first kappa shape index (κ1) is 13.8. The average Bonchev–Trinajstić information content (AvgIpc) is 2.29. The Morgan fingerprint density at radius 2 is 2.24 bits per heavy atom. The lowest BCUT2D eigenvalue weighted by Crippen LogP contribution is -2.17. The van der Waals surface area contributed by atoms with Gasteiger partial charge < -0.3 is 15.2 Å². The fourth-order valence-corrected chi connectivity index (χ4v) is 1.70. The zero-order valence-electron chi connectivity index (χ0n) is 9.90. The maximum atomic E-state index is 11.3. The number of methoxy groups -OCH3 is 1. The van der Waals surface area contributed by atoms with E-state index in [0.717, 1.165) is 5.56 Å². The summed E-state index contributed by atoms with van der Waals surface area (Å²) in [5, 5.41) is 0.476. The lowest BCUT2D eigenvalue weighted by atomic mass is 10.0. The van der Waals surface area contributed by atoms with Gasteiger partial charge in [0.05, 0.1) is 25.2 Å². The maximum Gasteiger partial charge on any atom is 0.307 e. The predicted molar refractivity (Wildman–Crippen MR) is 66.2 cm³/mol. The van der Waals surface area contributed by atoms with Gasteiger partial charge in [0.25, 0.3) is 0 Å². The molecule has 1 aromatic carbocycles. The van der Waals surface area contributed by atoms with Crippen molar-refractivity contribution in [2.75, 3.05) is 13.7 Å². The summed E-state index contributed by atoms with van der Waals surface area (Å²) in [6.07, 6.45) is 0.135. The molecule has 0 saturated heterocycles. The van der Waals surface area contributed by atoms with E-state index in [4.69, 9.17) is 26.8 Å². The molecule has 0 spiro atoms. The van der Waals surface area contributed by atoms with Crippen LogP contribution in [0.4, 0.5) is 0 Å². The normalized spacial score (nSPS) is 12.0. The van der Waals surface area contributed by atoms with E-state index in [1.165, 1.54) is 0 Å². The van der Waals surface area contributed by atoms with Crippen LogP contribution < -0.4 is 10.5 Å². The molecule has 0 aliphatic heterocycles. The van der Waals surface area contributed by atoms with Crippen molar-refractivity contribution in [3.05, 3.63) is 28.8 Å². The van der Waals surface area contributed by atoms with Crippen LogP contribution in [0.3, 0.4) is 0 Å². The molecular weight excluding hydrogens is 242 g/mol. The van der Waals surface area contributed by atoms with E-state index >= 15 is 0 Å². The second kappa shape index (κ2) is 6.47. The van der Waals surface area contributed by atoms with Gasteiger partial charge in [-0.1, -0.05) is 17.7 Å². The smallest absolute Gasteiger partial charge is 0.307 e. The van der Waals surface area contributed by atoms with E-state index in [9.17, 15) is 4.79 Å². The summed E-state index contributed by atoms with van der Waals surface area (Å²) in [6.45, 7) is 2.11. The van der Waals surface area contributed by atoms with Crippen molar-refractivity contribution in [1.82, 2.24) is 0 Å². The van der Waals surface area contributed by atoms with Gasteiger partial charge in [0.1, 0.15) is 5.75 Å². The number of hydrogen-bond acceptors (Lipinski definition) is 4. The minimum Gasteiger partial charge on any atom is -0.495 e. The zero-order chi connectivity index (χ0) is 12.8. The maximum absolute atomic E-state index is 11.3. The molecule has 0 radical (unpaired) electrons. The standard InChI is InChI=1S/C12H16ClNO3/c1-3-17-12(15)7-10(14)8-4-5-11(16-2)9(13)6-8/h4-6,10H,3,7,14H2,1-2H3/t10-/m1/s1. The van der Waals surface area contributed by atoms with Gasteiger partial charge in [-0.25, -0.2) is 0 Å². The van der Waals surface area contributed by atoms with Crippen LogP contribution in [-0.2, 0) is 9.53 Å². The van der Waals surface area contributed by atoms with Gasteiger partial charge in [-0.2, -0.15) is 0 Å². The molecule has 0 fully saturated rings. The molecule has 0 unspecified atom stereocenters. The highest BCUT2D eigenvalue weighted by Gasteiger charge is 2.13. The van der Waals surface area contributed by atoms with Crippen LogP contribution in [0, 0.1) is 0 Å². The molecule has 1 atom stereocenters. The van der Waals surface area contributed by atoms with Crippen LogP contribution in [0.5, 0.6) is 5.75 Å². The molecule has 0 heterocycles. The number of carbonyl (C=O) groups is 1. The Morgan fingerprint density at radius 3 is 2.76 bits per heavy atom. The molecule has 0 saturated carbocycles. The number of rotatable bonds is 5. The molecule has 17 heavy (non-hydrogen) atoms. The SMILES string of the molecule is CCOC(=O)C[C@@H](N)c1ccc(OC)c(Cl)c1. The quantitative estimate of drug-likeness (QED) is 0.823. The highest BCUT2D eigenvalue weighted by molar-refractivity contribution is 6.32. The summed E-state index contributed by atoms with van der Waals surface area (Å²) in [4.78, 5) is 11.3. The number of benzene rings is 1. The molecule has 0 aromatic heterocycles. The highest BCUT2D eigenvalue weighted by atomic mass is 35.5. The molecule has 0 amide bonds. The van der Waals surface area contributed by atoms with Crippen molar-refractivity contribution in [3.63, 3.8) is 0 Å². The Morgan fingerprint density at radius 1 is 1.53 bits per heavy atom. The van der Waals surface area contributed by atoms with Crippen molar-refractivity contribution in [3.8, 4) is 5.75 Å². The molecule has 0 bridgehead atoms. The second-order valence-corrected chi connectivity index (χ2v) is 3.92. The minimum absolute atomic E-state index is 0.135. The summed E-state index contributed by atoms with van der Waals surface area (Å²) in [5.74, 6) is 0.269. The van der Waals surface area contributed by atoms with Gasteiger partial charge in [-0.05, 0) is 24.6 Å². The Bertz CT molecular complexity index is 395. The number of carbonyl (C=O) groups excluding carboxylic acids is 1. The van der Waals surface area contributed by atoms with E-state index in [0.29, 0.717) is 17.4 Å². The van der Waals surface area contributed by atoms with E-state index in [1.807, 2.05) is 0 Å². The van der Waals surface area contributed by atoms with Gasteiger partial charge in [0.15, 0.2) is 0 Å². The lowest BCUT2D eigenvalue weighted by molar-refractivity contribution is -0.143. The van der Waals surface area contributed by atoms with E-state index in [-0.39, 0.29) is 12.4 Å². The van der Waals surface area contributed by atoms with Gasteiger partial charge in [-0.15, -0.1) is 0 Å². The third-order valence-corrected chi connectivity index (χ3v) is 2.59. The molecule has 94 valence electrons. The number of hydrogen-bond donors (Lipinski definition) is 1. The van der Waals surface area contributed by atoms with Crippen molar-refractivity contribution >= 4 is 17.6 Å². The second-order valence-electron chi connectivity index (χ2n) is 3.51. The zero-order valence-corrected chi connectivity index (χ0v) is 10.7. The molecule has 2 N–H and O–H groups in total. The van der Waals surface area contributed by atoms with Crippen LogP contribution in [-0.4, -0.2) is 19.7 Å². The minimum atomic E-state index is -0.419. The molecular formula is C12H16ClNO3. The van der Waals surface area contributed by atoms with Gasteiger partial charge in [-0.3, -0.25) is 4.79 Å². The number of ether oxygens (including phenoxy) is 2. The summed E-state index contributed by atoms with van der Waals surface area (Å²) >= 11 is 5.97. The van der Waals surface area contributed by atoms with Crippen LogP contribution >= 0.6 is 11.6 Å². The first-order chi connectivity index (χ1) is 8.08.